The van der Waals surface area contributed by atoms with Gasteiger partial charge in [-0.05, 0) is 25.1 Å². The van der Waals surface area contributed by atoms with Crippen molar-refractivity contribution in [2.45, 2.75) is 13.5 Å². The lowest BCUT2D eigenvalue weighted by Crippen LogP contribution is -2.45. The molecule has 0 saturated carbocycles. The van der Waals surface area contributed by atoms with Crippen molar-refractivity contribution in [3.05, 3.63) is 53.4 Å². The van der Waals surface area contributed by atoms with E-state index >= 15 is 0 Å². The van der Waals surface area contributed by atoms with Crippen LogP contribution in [0.1, 0.15) is 12.5 Å². The van der Waals surface area contributed by atoms with Crippen molar-refractivity contribution in [1.29, 1.82) is 0 Å². The Hall–Kier alpha value is -2.13. The zero-order valence-electron chi connectivity index (χ0n) is 16.2. The molecule has 0 aliphatic carbocycles. The van der Waals surface area contributed by atoms with Gasteiger partial charge in [-0.3, -0.25) is 14.2 Å². The lowest BCUT2D eigenvalue weighted by Gasteiger charge is -2.26. The summed E-state index contributed by atoms with van der Waals surface area (Å²) in [5.41, 5.74) is 0.0849. The number of benzene rings is 1. The highest BCUT2D eigenvalue weighted by molar-refractivity contribution is 7.07. The SMILES string of the molecule is CCOC(=O)C=c1sc(=Cc2c(Cl)cccc2Cl)c(=O)n1CC(=O)N1CCOCC1. The molecule has 0 radical (unpaired) electrons. The van der Waals surface area contributed by atoms with Gasteiger partial charge in [0.15, 0.2) is 0 Å². The average Bonchev–Trinajstić information content (AvgIpc) is 3.00. The third-order valence-electron chi connectivity index (χ3n) is 4.40. The van der Waals surface area contributed by atoms with E-state index in [1.54, 1.807) is 36.1 Å². The molecule has 3 rings (SSSR count). The fourth-order valence-electron chi connectivity index (χ4n) is 2.91. The summed E-state index contributed by atoms with van der Waals surface area (Å²) in [7, 11) is 0. The molecular formula is C20H20Cl2N2O5S. The van der Waals surface area contributed by atoms with Crippen LogP contribution in [0.4, 0.5) is 0 Å². The van der Waals surface area contributed by atoms with Crippen LogP contribution in [-0.4, -0.2) is 54.3 Å². The number of hydrogen-bond acceptors (Lipinski definition) is 6. The number of hydrogen-bond donors (Lipinski definition) is 0. The molecule has 0 spiro atoms. The van der Waals surface area contributed by atoms with Gasteiger partial charge in [0.05, 0.1) is 30.4 Å². The molecule has 1 aromatic carbocycles. The highest BCUT2D eigenvalue weighted by Gasteiger charge is 2.19. The molecule has 160 valence electrons. The van der Waals surface area contributed by atoms with Gasteiger partial charge in [0.2, 0.25) is 5.91 Å². The van der Waals surface area contributed by atoms with E-state index in [9.17, 15) is 14.4 Å². The molecule has 2 aromatic rings. The second kappa shape index (κ2) is 10.3. The molecule has 10 heteroatoms. The summed E-state index contributed by atoms with van der Waals surface area (Å²) in [6.45, 7) is 3.53. The van der Waals surface area contributed by atoms with E-state index in [-0.39, 0.29) is 19.1 Å². The highest BCUT2D eigenvalue weighted by Crippen LogP contribution is 2.24. The van der Waals surface area contributed by atoms with Gasteiger partial charge >= 0.3 is 5.97 Å². The lowest BCUT2D eigenvalue weighted by molar-refractivity contribution is -0.136. The molecule has 1 saturated heterocycles. The molecule has 1 fully saturated rings. The Morgan fingerprint density at radius 3 is 2.53 bits per heavy atom. The van der Waals surface area contributed by atoms with Crippen LogP contribution >= 0.6 is 34.5 Å². The first-order valence-electron chi connectivity index (χ1n) is 9.30. The van der Waals surface area contributed by atoms with Crippen molar-refractivity contribution in [2.24, 2.45) is 0 Å². The lowest BCUT2D eigenvalue weighted by atomic mass is 10.2. The summed E-state index contributed by atoms with van der Waals surface area (Å²) in [6.07, 6.45) is 2.78. The van der Waals surface area contributed by atoms with Crippen LogP contribution < -0.4 is 14.8 Å². The van der Waals surface area contributed by atoms with E-state index in [4.69, 9.17) is 32.7 Å². The van der Waals surface area contributed by atoms with E-state index in [0.29, 0.717) is 51.1 Å². The Morgan fingerprint density at radius 1 is 1.23 bits per heavy atom. The van der Waals surface area contributed by atoms with Gasteiger partial charge in [-0.1, -0.05) is 29.3 Å². The summed E-state index contributed by atoms with van der Waals surface area (Å²) < 4.78 is 12.1. The number of thiazole rings is 1. The van der Waals surface area contributed by atoms with E-state index in [1.807, 2.05) is 0 Å². The number of amides is 1. The van der Waals surface area contributed by atoms with Crippen LogP contribution in [0.3, 0.4) is 0 Å². The largest absolute Gasteiger partial charge is 0.463 e. The fraction of sp³-hybridized carbons (Fsp3) is 0.350. The summed E-state index contributed by atoms with van der Waals surface area (Å²) in [4.78, 5) is 39.4. The van der Waals surface area contributed by atoms with Gasteiger partial charge in [0, 0.05) is 28.7 Å². The summed E-state index contributed by atoms with van der Waals surface area (Å²) >= 11 is 13.5. The second-order valence-electron chi connectivity index (χ2n) is 6.37. The van der Waals surface area contributed by atoms with Crippen LogP contribution in [0.2, 0.25) is 10.0 Å². The van der Waals surface area contributed by atoms with Crippen molar-refractivity contribution >= 4 is 58.6 Å². The normalized spacial score (nSPS) is 15.5. The molecule has 0 unspecified atom stereocenters. The Balaban J connectivity index is 2.08. The number of carbonyl (C=O) groups is 2. The van der Waals surface area contributed by atoms with Crippen molar-refractivity contribution in [3.8, 4) is 0 Å². The summed E-state index contributed by atoms with van der Waals surface area (Å²) in [5.74, 6) is -0.812. The number of aromatic nitrogens is 1. The van der Waals surface area contributed by atoms with Crippen molar-refractivity contribution < 1.29 is 19.1 Å². The number of carbonyl (C=O) groups excluding carboxylic acids is 2. The summed E-state index contributed by atoms with van der Waals surface area (Å²) in [5, 5.41) is 0.782. The molecule has 1 amide bonds. The maximum atomic E-state index is 13.1. The quantitative estimate of drug-likeness (QED) is 0.614. The van der Waals surface area contributed by atoms with Gasteiger partial charge in [0.25, 0.3) is 5.56 Å². The molecule has 0 N–H and O–H groups in total. The van der Waals surface area contributed by atoms with Crippen molar-refractivity contribution in [1.82, 2.24) is 9.47 Å². The first-order chi connectivity index (χ1) is 14.4. The topological polar surface area (TPSA) is 77.8 Å². The molecule has 1 aliphatic rings. The predicted molar refractivity (Wildman–Crippen MR) is 116 cm³/mol. The molecule has 0 atom stereocenters. The maximum absolute atomic E-state index is 13.1. The number of rotatable bonds is 5. The van der Waals surface area contributed by atoms with Crippen LogP contribution in [0, 0.1) is 0 Å². The van der Waals surface area contributed by atoms with Crippen LogP contribution in [-0.2, 0) is 25.6 Å². The van der Waals surface area contributed by atoms with E-state index in [1.165, 1.54) is 10.6 Å². The van der Waals surface area contributed by atoms with Gasteiger partial charge in [-0.2, -0.15) is 0 Å². The maximum Gasteiger partial charge on any atom is 0.333 e. The van der Waals surface area contributed by atoms with Crippen molar-refractivity contribution in [3.63, 3.8) is 0 Å². The zero-order valence-corrected chi connectivity index (χ0v) is 18.6. The Labute approximate surface area is 186 Å². The monoisotopic (exact) mass is 470 g/mol. The highest BCUT2D eigenvalue weighted by atomic mass is 35.5. The third kappa shape index (κ3) is 5.31. The van der Waals surface area contributed by atoms with E-state index < -0.39 is 11.5 Å². The van der Waals surface area contributed by atoms with Crippen LogP contribution in [0.25, 0.3) is 12.2 Å². The van der Waals surface area contributed by atoms with Crippen molar-refractivity contribution in [2.75, 3.05) is 32.9 Å². The number of nitrogens with zero attached hydrogens (tertiary/aromatic N) is 2. The van der Waals surface area contributed by atoms with Gasteiger partial charge in [-0.25, -0.2) is 4.79 Å². The molecule has 1 aromatic heterocycles. The molecule has 1 aliphatic heterocycles. The Bertz CT molecular complexity index is 1100. The number of esters is 1. The fourth-order valence-corrected chi connectivity index (χ4v) is 4.42. The number of halogens is 2. The standard InChI is InChI=1S/C20H20Cl2N2O5S/c1-2-29-19(26)11-18-24(12-17(25)23-6-8-28-9-7-23)20(27)16(30-18)10-13-14(21)4-3-5-15(13)22/h3-5,10-11H,2,6-9,12H2,1H3. The van der Waals surface area contributed by atoms with Crippen LogP contribution in [0.5, 0.6) is 0 Å². The first kappa shape index (κ1) is 22.6. The summed E-state index contributed by atoms with van der Waals surface area (Å²) in [6, 6.07) is 5.04. The first-order valence-corrected chi connectivity index (χ1v) is 10.9. The molecule has 7 nitrogen and oxygen atoms in total. The molecule has 30 heavy (non-hydrogen) atoms. The van der Waals surface area contributed by atoms with E-state index in [2.05, 4.69) is 0 Å². The predicted octanol–water partition coefficient (Wildman–Crippen LogP) is 1.25. The van der Waals surface area contributed by atoms with Gasteiger partial charge < -0.3 is 14.4 Å². The number of ether oxygens (including phenoxy) is 2. The smallest absolute Gasteiger partial charge is 0.333 e. The Morgan fingerprint density at radius 2 is 1.90 bits per heavy atom. The van der Waals surface area contributed by atoms with Gasteiger partial charge in [-0.15, -0.1) is 11.3 Å². The van der Waals surface area contributed by atoms with Gasteiger partial charge in [0.1, 0.15) is 11.2 Å². The second-order valence-corrected chi connectivity index (χ2v) is 8.24. The molecule has 0 bridgehead atoms. The third-order valence-corrected chi connectivity index (χ3v) is 6.12. The Kier molecular flexibility index (Phi) is 7.71. The number of morpholine rings is 1. The minimum absolute atomic E-state index is 0.190. The van der Waals surface area contributed by atoms with Crippen LogP contribution in [0.15, 0.2) is 23.0 Å². The zero-order chi connectivity index (χ0) is 21.7. The molecule has 2 heterocycles. The van der Waals surface area contributed by atoms with E-state index in [0.717, 1.165) is 11.3 Å². The average molecular weight is 471 g/mol. The minimum Gasteiger partial charge on any atom is -0.463 e. The minimum atomic E-state index is -0.589. The molecular weight excluding hydrogens is 451 g/mol.